The largest absolute Gasteiger partial charge is 0.490 e. The van der Waals surface area contributed by atoms with Gasteiger partial charge in [0.2, 0.25) is 0 Å². The quantitative estimate of drug-likeness (QED) is 0.414. The molecule has 0 aliphatic carbocycles. The fourth-order valence-electron chi connectivity index (χ4n) is 4.02. The van der Waals surface area contributed by atoms with E-state index >= 15 is 0 Å². The second-order valence-electron chi connectivity index (χ2n) is 8.00. The summed E-state index contributed by atoms with van der Waals surface area (Å²) in [6, 6.07) is 14.0. The summed E-state index contributed by atoms with van der Waals surface area (Å²) in [6.45, 7) is 1.07. The highest BCUT2D eigenvalue weighted by atomic mass is 35.5. The van der Waals surface area contributed by atoms with Crippen LogP contribution in [0.4, 0.5) is 0 Å². The maximum absolute atomic E-state index is 13.1. The van der Waals surface area contributed by atoms with Crippen LogP contribution in [0.3, 0.4) is 0 Å². The Balaban J connectivity index is 1.34. The van der Waals surface area contributed by atoms with Gasteiger partial charge in [-0.25, -0.2) is 14.2 Å². The standard InChI is InChI=1S/C25H18ClN5O4/c26-17-5-2-15(3-6-17)18-14-28-31-20-8-9-30(25(33)19(20)13-27-23(18)31)29-24(32)16-4-7-21-22(12-16)35-11-1-10-34-21/h2-9,12-14H,1,10-11H2,(H,29,32). The summed E-state index contributed by atoms with van der Waals surface area (Å²) < 4.78 is 14.0. The molecule has 1 N–H and O–H groups in total. The second-order valence-corrected chi connectivity index (χ2v) is 8.44. The van der Waals surface area contributed by atoms with Crippen molar-refractivity contribution in [3.63, 3.8) is 0 Å². The Morgan fingerprint density at radius 2 is 1.80 bits per heavy atom. The normalized spacial score (nSPS) is 13.1. The van der Waals surface area contributed by atoms with E-state index in [9.17, 15) is 9.59 Å². The molecule has 0 fully saturated rings. The van der Waals surface area contributed by atoms with Gasteiger partial charge in [0.15, 0.2) is 17.1 Å². The Labute approximate surface area is 203 Å². The SMILES string of the molecule is O=C(Nn1ccc2c(cnc3c(-c4ccc(Cl)cc4)cnn32)c1=O)c1ccc2c(c1)OCCCO2. The number of hydrogen-bond acceptors (Lipinski definition) is 6. The summed E-state index contributed by atoms with van der Waals surface area (Å²) in [6.07, 6.45) is 5.45. The maximum atomic E-state index is 13.1. The van der Waals surface area contributed by atoms with E-state index in [1.165, 1.54) is 12.4 Å². The number of ether oxygens (including phenoxy) is 2. The Kier molecular flexibility index (Phi) is 5.11. The lowest BCUT2D eigenvalue weighted by molar-refractivity contribution is 0.101. The fourth-order valence-corrected chi connectivity index (χ4v) is 4.14. The van der Waals surface area contributed by atoms with E-state index in [1.807, 2.05) is 12.1 Å². The van der Waals surface area contributed by atoms with E-state index in [2.05, 4.69) is 15.5 Å². The number of benzene rings is 2. The number of aromatic nitrogens is 4. The number of hydrogen-bond donors (Lipinski definition) is 1. The van der Waals surface area contributed by atoms with Crippen LogP contribution >= 0.6 is 11.6 Å². The smallest absolute Gasteiger partial charge is 0.280 e. The van der Waals surface area contributed by atoms with Gasteiger partial charge in [-0.3, -0.25) is 15.0 Å². The van der Waals surface area contributed by atoms with E-state index in [1.54, 1.807) is 47.1 Å². The summed E-state index contributed by atoms with van der Waals surface area (Å²) >= 11 is 6.00. The third kappa shape index (κ3) is 3.75. The highest BCUT2D eigenvalue weighted by molar-refractivity contribution is 6.30. The van der Waals surface area contributed by atoms with Crippen molar-refractivity contribution in [2.24, 2.45) is 0 Å². The van der Waals surface area contributed by atoms with Gasteiger partial charge in [-0.2, -0.15) is 5.10 Å². The molecule has 0 bridgehead atoms. The van der Waals surface area contributed by atoms with Crippen LogP contribution in [0, 0.1) is 0 Å². The van der Waals surface area contributed by atoms with Gasteiger partial charge >= 0.3 is 0 Å². The number of carbonyl (C=O) groups is 1. The highest BCUT2D eigenvalue weighted by Gasteiger charge is 2.17. The zero-order valence-electron chi connectivity index (χ0n) is 18.3. The molecule has 9 nitrogen and oxygen atoms in total. The van der Waals surface area contributed by atoms with Crippen molar-refractivity contribution >= 4 is 34.1 Å². The zero-order chi connectivity index (χ0) is 23.9. The molecule has 1 amide bonds. The van der Waals surface area contributed by atoms with Crippen LogP contribution < -0.4 is 20.5 Å². The van der Waals surface area contributed by atoms with Crippen LogP contribution in [0.1, 0.15) is 16.8 Å². The first-order chi connectivity index (χ1) is 17.1. The minimum Gasteiger partial charge on any atom is -0.490 e. The summed E-state index contributed by atoms with van der Waals surface area (Å²) in [7, 11) is 0. The molecule has 1 aliphatic heterocycles. The molecule has 0 saturated carbocycles. The van der Waals surface area contributed by atoms with Crippen LogP contribution in [0.2, 0.25) is 5.02 Å². The number of pyridine rings is 1. The molecule has 35 heavy (non-hydrogen) atoms. The molecule has 0 unspecified atom stereocenters. The number of carbonyl (C=O) groups excluding carboxylic acids is 1. The van der Waals surface area contributed by atoms with Gasteiger partial charge in [-0.1, -0.05) is 23.7 Å². The monoisotopic (exact) mass is 487 g/mol. The van der Waals surface area contributed by atoms with Crippen molar-refractivity contribution in [3.05, 3.63) is 88.1 Å². The summed E-state index contributed by atoms with van der Waals surface area (Å²) in [5.41, 5.74) is 5.44. The summed E-state index contributed by atoms with van der Waals surface area (Å²) in [4.78, 5) is 30.5. The Morgan fingerprint density at radius 1 is 1.00 bits per heavy atom. The first-order valence-corrected chi connectivity index (χ1v) is 11.3. The molecule has 174 valence electrons. The van der Waals surface area contributed by atoms with Gasteiger partial charge in [0.25, 0.3) is 11.5 Å². The topological polar surface area (TPSA) is 99.8 Å². The van der Waals surface area contributed by atoms with Crippen molar-refractivity contribution in [1.82, 2.24) is 19.3 Å². The number of nitrogens with one attached hydrogen (secondary N) is 1. The number of fused-ring (bicyclic) bond motifs is 4. The molecular formula is C25H18ClN5O4. The molecule has 3 aromatic heterocycles. The van der Waals surface area contributed by atoms with Gasteiger partial charge in [0.1, 0.15) is 0 Å². The Hall–Kier alpha value is -4.37. The molecule has 2 aromatic carbocycles. The third-order valence-corrected chi connectivity index (χ3v) is 6.03. The van der Waals surface area contributed by atoms with Crippen LogP contribution in [-0.2, 0) is 0 Å². The molecule has 0 spiro atoms. The van der Waals surface area contributed by atoms with Crippen molar-refractivity contribution in [2.45, 2.75) is 6.42 Å². The predicted octanol–water partition coefficient (Wildman–Crippen LogP) is 3.91. The van der Waals surface area contributed by atoms with Crippen molar-refractivity contribution in [1.29, 1.82) is 0 Å². The maximum Gasteiger partial charge on any atom is 0.280 e. The van der Waals surface area contributed by atoms with Crippen LogP contribution in [0.15, 0.2) is 71.9 Å². The molecule has 1 aliphatic rings. The molecule has 5 aromatic rings. The average molecular weight is 488 g/mol. The number of nitrogens with zero attached hydrogens (tertiary/aromatic N) is 4. The molecule has 10 heteroatoms. The van der Waals surface area contributed by atoms with E-state index in [-0.39, 0.29) is 0 Å². The molecule has 0 radical (unpaired) electrons. The zero-order valence-corrected chi connectivity index (χ0v) is 19.0. The average Bonchev–Trinajstić information content (AvgIpc) is 3.16. The van der Waals surface area contributed by atoms with Crippen molar-refractivity contribution in [3.8, 4) is 22.6 Å². The van der Waals surface area contributed by atoms with Gasteiger partial charge in [0.05, 0.1) is 30.3 Å². The number of rotatable bonds is 3. The predicted molar refractivity (Wildman–Crippen MR) is 131 cm³/mol. The molecular weight excluding hydrogens is 470 g/mol. The van der Waals surface area contributed by atoms with Gasteiger partial charge < -0.3 is 9.47 Å². The number of amides is 1. The lowest BCUT2D eigenvalue weighted by Crippen LogP contribution is -2.33. The van der Waals surface area contributed by atoms with Crippen LogP contribution in [-0.4, -0.2) is 38.4 Å². The van der Waals surface area contributed by atoms with E-state index in [0.717, 1.165) is 22.2 Å². The van der Waals surface area contributed by atoms with Gasteiger partial charge in [-0.05, 0) is 42.0 Å². The van der Waals surface area contributed by atoms with Crippen LogP contribution in [0.25, 0.3) is 27.7 Å². The summed E-state index contributed by atoms with van der Waals surface area (Å²) in [5, 5.41) is 5.38. The second kappa shape index (κ2) is 8.44. The fraction of sp³-hybridized carbons (Fsp3) is 0.120. The highest BCUT2D eigenvalue weighted by Crippen LogP contribution is 2.30. The lowest BCUT2D eigenvalue weighted by atomic mass is 10.1. The molecule has 6 rings (SSSR count). The number of halogens is 1. The van der Waals surface area contributed by atoms with Gasteiger partial charge in [0, 0.05) is 35.0 Å². The molecule has 4 heterocycles. The lowest BCUT2D eigenvalue weighted by Gasteiger charge is -2.12. The first-order valence-electron chi connectivity index (χ1n) is 10.9. The molecule has 0 atom stereocenters. The van der Waals surface area contributed by atoms with E-state index in [0.29, 0.717) is 51.8 Å². The Morgan fingerprint density at radius 3 is 2.63 bits per heavy atom. The van der Waals surface area contributed by atoms with E-state index in [4.69, 9.17) is 21.1 Å². The van der Waals surface area contributed by atoms with Gasteiger partial charge in [-0.15, -0.1) is 0 Å². The Bertz CT molecular complexity index is 1660. The van der Waals surface area contributed by atoms with Crippen LogP contribution in [0.5, 0.6) is 11.5 Å². The van der Waals surface area contributed by atoms with Crippen molar-refractivity contribution < 1.29 is 14.3 Å². The summed E-state index contributed by atoms with van der Waals surface area (Å²) in [5.74, 6) is 0.636. The molecule has 0 saturated heterocycles. The van der Waals surface area contributed by atoms with E-state index < -0.39 is 11.5 Å². The first kappa shape index (κ1) is 21.2. The minimum absolute atomic E-state index is 0.310. The van der Waals surface area contributed by atoms with Crippen molar-refractivity contribution in [2.75, 3.05) is 18.6 Å². The minimum atomic E-state index is -0.458. The third-order valence-electron chi connectivity index (χ3n) is 5.78.